The van der Waals surface area contributed by atoms with Gasteiger partial charge in [-0.1, -0.05) is 18.2 Å². The first-order valence-electron chi connectivity index (χ1n) is 8.63. The molecule has 0 spiro atoms. The minimum atomic E-state index is -1.03. The Bertz CT molecular complexity index is 857. The van der Waals surface area contributed by atoms with Crippen LogP contribution in [0.2, 0.25) is 0 Å². The van der Waals surface area contributed by atoms with E-state index in [2.05, 4.69) is 5.32 Å². The third kappa shape index (κ3) is 4.42. The number of para-hydroxylation sites is 1. The molecule has 1 fully saturated rings. The number of likely N-dealkylation sites (tertiary alicyclic amines) is 1. The monoisotopic (exact) mass is 374 g/mol. The van der Waals surface area contributed by atoms with Crippen LogP contribution in [0.4, 0.5) is 14.5 Å². The molecular weight excluding hydrogens is 354 g/mol. The number of amides is 2. The van der Waals surface area contributed by atoms with E-state index < -0.39 is 17.6 Å². The number of hydrogen-bond donors (Lipinski definition) is 1. The third-order valence-corrected chi connectivity index (χ3v) is 4.62. The van der Waals surface area contributed by atoms with Crippen molar-refractivity contribution in [3.8, 4) is 5.75 Å². The Labute approximate surface area is 155 Å². The van der Waals surface area contributed by atoms with Crippen molar-refractivity contribution in [1.29, 1.82) is 0 Å². The molecule has 3 rings (SSSR count). The summed E-state index contributed by atoms with van der Waals surface area (Å²) in [6.07, 6.45) is 0.717. The normalized spacial score (nSPS) is 16.5. The van der Waals surface area contributed by atoms with Gasteiger partial charge in [-0.3, -0.25) is 9.59 Å². The van der Waals surface area contributed by atoms with E-state index in [-0.39, 0.29) is 23.9 Å². The molecule has 142 valence electrons. The first-order valence-corrected chi connectivity index (χ1v) is 8.63. The number of halogens is 2. The number of ether oxygens (including phenoxy) is 1. The number of nitrogens with one attached hydrogen (secondary N) is 1. The summed E-state index contributed by atoms with van der Waals surface area (Å²) >= 11 is 0. The topological polar surface area (TPSA) is 58.6 Å². The van der Waals surface area contributed by atoms with E-state index in [1.807, 2.05) is 24.3 Å². The van der Waals surface area contributed by atoms with E-state index in [1.54, 1.807) is 12.0 Å². The molecule has 7 heteroatoms. The molecular formula is C20H20F2N2O3. The van der Waals surface area contributed by atoms with Gasteiger partial charge in [-0.05, 0) is 30.2 Å². The van der Waals surface area contributed by atoms with Gasteiger partial charge in [0.15, 0.2) is 11.6 Å². The zero-order valence-corrected chi connectivity index (χ0v) is 14.9. The van der Waals surface area contributed by atoms with Crippen LogP contribution in [0.5, 0.6) is 5.75 Å². The van der Waals surface area contributed by atoms with Crippen LogP contribution in [-0.2, 0) is 16.0 Å². The number of nitrogens with zero attached hydrogens (tertiary/aromatic N) is 1. The lowest BCUT2D eigenvalue weighted by Gasteiger charge is -2.17. The van der Waals surface area contributed by atoms with E-state index in [0.29, 0.717) is 19.5 Å². The summed E-state index contributed by atoms with van der Waals surface area (Å²) < 4.78 is 31.5. The first kappa shape index (κ1) is 18.8. The fourth-order valence-corrected chi connectivity index (χ4v) is 3.15. The van der Waals surface area contributed by atoms with Crippen molar-refractivity contribution in [2.45, 2.75) is 12.8 Å². The molecule has 0 radical (unpaired) electrons. The van der Waals surface area contributed by atoms with Gasteiger partial charge in [0.25, 0.3) is 0 Å². The van der Waals surface area contributed by atoms with E-state index >= 15 is 0 Å². The first-order chi connectivity index (χ1) is 13.0. The molecule has 1 saturated heterocycles. The molecule has 0 aromatic heterocycles. The SMILES string of the molecule is COc1ccccc1CCN1CC(C(=O)Nc2ccc(F)c(F)c2)CC1=O. The van der Waals surface area contributed by atoms with E-state index in [1.165, 1.54) is 6.07 Å². The Hall–Kier alpha value is -2.96. The summed E-state index contributed by atoms with van der Waals surface area (Å²) in [5.41, 5.74) is 1.15. The van der Waals surface area contributed by atoms with E-state index in [0.717, 1.165) is 23.4 Å². The summed E-state index contributed by atoms with van der Waals surface area (Å²) in [6.45, 7) is 0.775. The van der Waals surface area contributed by atoms with Gasteiger partial charge in [0, 0.05) is 31.3 Å². The van der Waals surface area contributed by atoms with Crippen LogP contribution < -0.4 is 10.1 Å². The number of rotatable bonds is 6. The van der Waals surface area contributed by atoms with Gasteiger partial charge in [0.05, 0.1) is 13.0 Å². The van der Waals surface area contributed by atoms with E-state index in [4.69, 9.17) is 4.74 Å². The zero-order valence-electron chi connectivity index (χ0n) is 14.9. The predicted molar refractivity (Wildman–Crippen MR) is 96.4 cm³/mol. The van der Waals surface area contributed by atoms with Crippen molar-refractivity contribution in [3.63, 3.8) is 0 Å². The highest BCUT2D eigenvalue weighted by atomic mass is 19.2. The number of methoxy groups -OCH3 is 1. The summed E-state index contributed by atoms with van der Waals surface area (Å²) in [4.78, 5) is 26.2. The van der Waals surface area contributed by atoms with Crippen molar-refractivity contribution in [2.24, 2.45) is 5.92 Å². The molecule has 2 aromatic carbocycles. The summed E-state index contributed by atoms with van der Waals surface area (Å²) in [6, 6.07) is 10.7. The molecule has 5 nitrogen and oxygen atoms in total. The van der Waals surface area contributed by atoms with Crippen molar-refractivity contribution >= 4 is 17.5 Å². The van der Waals surface area contributed by atoms with Gasteiger partial charge in [0.1, 0.15) is 5.75 Å². The van der Waals surface area contributed by atoms with Crippen molar-refractivity contribution < 1.29 is 23.1 Å². The second kappa shape index (κ2) is 8.16. The maximum Gasteiger partial charge on any atom is 0.229 e. The summed E-state index contributed by atoms with van der Waals surface area (Å²) in [5.74, 6) is -2.26. The molecule has 2 aromatic rings. The van der Waals surface area contributed by atoms with Crippen LogP contribution in [0.15, 0.2) is 42.5 Å². The Balaban J connectivity index is 1.57. The van der Waals surface area contributed by atoms with E-state index in [9.17, 15) is 18.4 Å². The fourth-order valence-electron chi connectivity index (χ4n) is 3.15. The number of hydrogen-bond acceptors (Lipinski definition) is 3. The number of benzene rings is 2. The van der Waals surface area contributed by atoms with Crippen LogP contribution in [-0.4, -0.2) is 36.9 Å². The van der Waals surface area contributed by atoms with Gasteiger partial charge in [-0.2, -0.15) is 0 Å². The zero-order chi connectivity index (χ0) is 19.4. The molecule has 1 unspecified atom stereocenters. The minimum Gasteiger partial charge on any atom is -0.496 e. The van der Waals surface area contributed by atoms with Crippen LogP contribution in [0.1, 0.15) is 12.0 Å². The largest absolute Gasteiger partial charge is 0.496 e. The van der Waals surface area contributed by atoms with Gasteiger partial charge in [-0.15, -0.1) is 0 Å². The maximum absolute atomic E-state index is 13.3. The Morgan fingerprint density at radius 1 is 1.22 bits per heavy atom. The standard InChI is InChI=1S/C20H20F2N2O3/c1-27-18-5-3-2-4-13(18)8-9-24-12-14(10-19(24)25)20(26)23-15-6-7-16(21)17(22)11-15/h2-7,11,14H,8-10,12H2,1H3,(H,23,26). The Kier molecular flexibility index (Phi) is 5.69. The Morgan fingerprint density at radius 2 is 2.00 bits per heavy atom. The van der Waals surface area contributed by atoms with Crippen molar-refractivity contribution in [1.82, 2.24) is 4.90 Å². The highest BCUT2D eigenvalue weighted by Gasteiger charge is 2.34. The molecule has 0 bridgehead atoms. The lowest BCUT2D eigenvalue weighted by molar-refractivity contribution is -0.128. The van der Waals surface area contributed by atoms with Gasteiger partial charge in [-0.25, -0.2) is 8.78 Å². The molecule has 1 aliphatic heterocycles. The second-order valence-corrected chi connectivity index (χ2v) is 6.42. The van der Waals surface area contributed by atoms with Crippen molar-refractivity contribution in [3.05, 3.63) is 59.7 Å². The predicted octanol–water partition coefficient (Wildman–Crippen LogP) is 3.00. The molecule has 0 aliphatic carbocycles. The molecule has 1 atom stereocenters. The molecule has 1 heterocycles. The second-order valence-electron chi connectivity index (χ2n) is 6.42. The molecule has 27 heavy (non-hydrogen) atoms. The lowest BCUT2D eigenvalue weighted by Crippen LogP contribution is -2.30. The molecule has 1 N–H and O–H groups in total. The van der Waals surface area contributed by atoms with Gasteiger partial charge < -0.3 is 15.0 Å². The minimum absolute atomic E-state index is 0.0986. The van der Waals surface area contributed by atoms with Crippen LogP contribution in [0.25, 0.3) is 0 Å². The smallest absolute Gasteiger partial charge is 0.229 e. The summed E-state index contributed by atoms with van der Waals surface area (Å²) in [5, 5.41) is 2.54. The number of carbonyl (C=O) groups excluding carboxylic acids is 2. The van der Waals surface area contributed by atoms with Crippen LogP contribution in [0.3, 0.4) is 0 Å². The summed E-state index contributed by atoms with van der Waals surface area (Å²) in [7, 11) is 1.60. The van der Waals surface area contributed by atoms with Gasteiger partial charge >= 0.3 is 0 Å². The lowest BCUT2D eigenvalue weighted by atomic mass is 10.1. The highest BCUT2D eigenvalue weighted by molar-refractivity contribution is 5.97. The quantitative estimate of drug-likeness (QED) is 0.846. The number of carbonyl (C=O) groups is 2. The van der Waals surface area contributed by atoms with Crippen LogP contribution >= 0.6 is 0 Å². The average Bonchev–Trinajstić information content (AvgIpc) is 3.04. The maximum atomic E-state index is 13.3. The fraction of sp³-hybridized carbons (Fsp3) is 0.300. The number of anilines is 1. The van der Waals surface area contributed by atoms with Crippen molar-refractivity contribution in [2.75, 3.05) is 25.5 Å². The van der Waals surface area contributed by atoms with Gasteiger partial charge in [0.2, 0.25) is 11.8 Å². The molecule has 1 aliphatic rings. The Morgan fingerprint density at radius 3 is 2.74 bits per heavy atom. The average molecular weight is 374 g/mol. The highest BCUT2D eigenvalue weighted by Crippen LogP contribution is 2.23. The van der Waals surface area contributed by atoms with Crippen LogP contribution in [0, 0.1) is 17.6 Å². The molecule has 2 amide bonds. The third-order valence-electron chi connectivity index (χ3n) is 4.62. The molecule has 0 saturated carbocycles.